The number of amides is 2. The van der Waals surface area contributed by atoms with Crippen molar-refractivity contribution in [3.63, 3.8) is 0 Å². The molecular weight excluding hydrogens is 414 g/mol. The van der Waals surface area contributed by atoms with Crippen molar-refractivity contribution in [2.45, 2.75) is 19.5 Å². The molecule has 3 aromatic rings. The molecule has 1 aromatic heterocycles. The lowest BCUT2D eigenvalue weighted by Crippen LogP contribution is -2.39. The van der Waals surface area contributed by atoms with Gasteiger partial charge in [0.15, 0.2) is 11.6 Å². The Morgan fingerprint density at radius 1 is 1.13 bits per heavy atom. The van der Waals surface area contributed by atoms with Crippen LogP contribution in [0.2, 0.25) is 5.15 Å². The standard InChI is InChI=1S/C21H19ClF2N4O2/c1-12-17(19(22)28(27-12)11-13-6-4-3-5-7-13)20(29)26-18(21(30)25-2)14-8-9-15(23)16(24)10-14/h3-10,18H,11H2,1-2H3,(H,25,30)(H,26,29). The number of hydrogen-bond acceptors (Lipinski definition) is 3. The number of hydrogen-bond donors (Lipinski definition) is 2. The van der Waals surface area contributed by atoms with E-state index in [9.17, 15) is 18.4 Å². The summed E-state index contributed by atoms with van der Waals surface area (Å²) in [5.74, 6) is -3.43. The van der Waals surface area contributed by atoms with E-state index in [1.807, 2.05) is 30.3 Å². The summed E-state index contributed by atoms with van der Waals surface area (Å²) in [7, 11) is 1.37. The second-order valence-corrected chi connectivity index (χ2v) is 6.95. The zero-order valence-corrected chi connectivity index (χ0v) is 17.0. The number of halogens is 3. The summed E-state index contributed by atoms with van der Waals surface area (Å²) >= 11 is 6.39. The zero-order chi connectivity index (χ0) is 21.8. The number of likely N-dealkylation sites (N-methyl/N-ethyl adjacent to an activating group) is 1. The molecule has 0 aliphatic heterocycles. The number of carbonyl (C=O) groups excluding carboxylic acids is 2. The Labute approximate surface area is 176 Å². The highest BCUT2D eigenvalue weighted by Gasteiger charge is 2.27. The number of carbonyl (C=O) groups is 2. The normalized spacial score (nSPS) is 11.8. The zero-order valence-electron chi connectivity index (χ0n) is 16.2. The molecule has 0 aliphatic carbocycles. The molecule has 1 unspecified atom stereocenters. The van der Waals surface area contributed by atoms with Gasteiger partial charge in [-0.2, -0.15) is 5.10 Å². The quantitative estimate of drug-likeness (QED) is 0.627. The van der Waals surface area contributed by atoms with Crippen LogP contribution in [0.5, 0.6) is 0 Å². The van der Waals surface area contributed by atoms with Gasteiger partial charge in [0.1, 0.15) is 11.2 Å². The maximum Gasteiger partial charge on any atom is 0.257 e. The first-order valence-corrected chi connectivity index (χ1v) is 9.43. The smallest absolute Gasteiger partial charge is 0.257 e. The molecular formula is C21H19ClF2N4O2. The van der Waals surface area contributed by atoms with E-state index in [4.69, 9.17) is 11.6 Å². The SMILES string of the molecule is CNC(=O)C(NC(=O)c1c(C)nn(Cc2ccccc2)c1Cl)c1ccc(F)c(F)c1. The summed E-state index contributed by atoms with van der Waals surface area (Å²) in [5.41, 5.74) is 1.50. The molecule has 1 atom stereocenters. The highest BCUT2D eigenvalue weighted by molar-refractivity contribution is 6.33. The van der Waals surface area contributed by atoms with Crippen molar-refractivity contribution in [2.24, 2.45) is 0 Å². The topological polar surface area (TPSA) is 76.0 Å². The molecule has 0 saturated heterocycles. The van der Waals surface area contributed by atoms with E-state index in [1.165, 1.54) is 17.8 Å². The number of aryl methyl sites for hydroxylation is 1. The molecule has 156 valence electrons. The molecule has 6 nitrogen and oxygen atoms in total. The van der Waals surface area contributed by atoms with Crippen LogP contribution in [0.4, 0.5) is 8.78 Å². The van der Waals surface area contributed by atoms with Crippen LogP contribution >= 0.6 is 11.6 Å². The fraction of sp³-hybridized carbons (Fsp3) is 0.190. The molecule has 30 heavy (non-hydrogen) atoms. The van der Waals surface area contributed by atoms with E-state index in [-0.39, 0.29) is 16.3 Å². The Hall–Kier alpha value is -3.26. The van der Waals surface area contributed by atoms with Crippen molar-refractivity contribution in [1.29, 1.82) is 0 Å². The lowest BCUT2D eigenvalue weighted by Gasteiger charge is -2.18. The first-order valence-electron chi connectivity index (χ1n) is 9.06. The van der Waals surface area contributed by atoms with Crippen LogP contribution in [0.1, 0.15) is 33.2 Å². The highest BCUT2D eigenvalue weighted by atomic mass is 35.5. The molecule has 9 heteroatoms. The van der Waals surface area contributed by atoms with Crippen LogP contribution in [0, 0.1) is 18.6 Å². The molecule has 2 N–H and O–H groups in total. The molecule has 0 bridgehead atoms. The van der Waals surface area contributed by atoms with E-state index in [1.54, 1.807) is 6.92 Å². The van der Waals surface area contributed by atoms with Crippen LogP contribution < -0.4 is 10.6 Å². The van der Waals surface area contributed by atoms with Crippen molar-refractivity contribution >= 4 is 23.4 Å². The molecule has 1 heterocycles. The average Bonchev–Trinajstić information content (AvgIpc) is 3.01. The second kappa shape index (κ2) is 9.04. The van der Waals surface area contributed by atoms with Crippen LogP contribution in [0.25, 0.3) is 0 Å². The van der Waals surface area contributed by atoms with Crippen molar-refractivity contribution in [2.75, 3.05) is 7.05 Å². The fourth-order valence-electron chi connectivity index (χ4n) is 3.01. The highest BCUT2D eigenvalue weighted by Crippen LogP contribution is 2.23. The number of aromatic nitrogens is 2. The Morgan fingerprint density at radius 2 is 1.83 bits per heavy atom. The number of nitrogens with one attached hydrogen (secondary N) is 2. The summed E-state index contributed by atoms with van der Waals surface area (Å²) in [6.45, 7) is 1.98. The molecule has 0 saturated carbocycles. The van der Waals surface area contributed by atoms with Gasteiger partial charge >= 0.3 is 0 Å². The maximum absolute atomic E-state index is 13.7. The second-order valence-electron chi connectivity index (χ2n) is 6.59. The van der Waals surface area contributed by atoms with E-state index < -0.39 is 29.5 Å². The van der Waals surface area contributed by atoms with Gasteiger partial charge in [-0.05, 0) is 30.2 Å². The molecule has 0 aliphatic rings. The predicted molar refractivity (Wildman–Crippen MR) is 108 cm³/mol. The maximum atomic E-state index is 13.7. The third-order valence-electron chi connectivity index (χ3n) is 4.53. The van der Waals surface area contributed by atoms with Crippen LogP contribution in [-0.2, 0) is 11.3 Å². The lowest BCUT2D eigenvalue weighted by atomic mass is 10.0. The minimum Gasteiger partial charge on any atom is -0.357 e. The minimum absolute atomic E-state index is 0.0899. The molecule has 0 fully saturated rings. The van der Waals surface area contributed by atoms with Crippen LogP contribution in [-0.4, -0.2) is 28.6 Å². The van der Waals surface area contributed by atoms with Gasteiger partial charge in [0.25, 0.3) is 5.91 Å². The van der Waals surface area contributed by atoms with Crippen LogP contribution in [0.15, 0.2) is 48.5 Å². The van der Waals surface area contributed by atoms with Gasteiger partial charge in [-0.25, -0.2) is 13.5 Å². The Bertz CT molecular complexity index is 1090. The molecule has 2 aromatic carbocycles. The molecule has 0 spiro atoms. The predicted octanol–water partition coefficient (Wildman–Crippen LogP) is 3.39. The van der Waals surface area contributed by atoms with E-state index in [0.717, 1.165) is 17.7 Å². The van der Waals surface area contributed by atoms with Crippen LogP contribution in [0.3, 0.4) is 0 Å². The van der Waals surface area contributed by atoms with Gasteiger partial charge < -0.3 is 10.6 Å². The monoisotopic (exact) mass is 432 g/mol. The first kappa shape index (κ1) is 21.4. The summed E-state index contributed by atoms with van der Waals surface area (Å²) < 4.78 is 28.4. The number of rotatable bonds is 6. The van der Waals surface area contributed by atoms with Gasteiger partial charge in [0, 0.05) is 7.05 Å². The average molecular weight is 433 g/mol. The summed E-state index contributed by atoms with van der Waals surface area (Å²) in [4.78, 5) is 25.2. The first-order chi connectivity index (χ1) is 14.3. The number of benzene rings is 2. The third kappa shape index (κ3) is 4.49. The van der Waals surface area contributed by atoms with Crippen molar-refractivity contribution in [1.82, 2.24) is 20.4 Å². The number of nitrogens with zero attached hydrogens (tertiary/aromatic N) is 2. The molecule has 3 rings (SSSR count). The summed E-state index contributed by atoms with van der Waals surface area (Å²) in [6.07, 6.45) is 0. The Kier molecular flexibility index (Phi) is 6.47. The summed E-state index contributed by atoms with van der Waals surface area (Å²) in [5, 5.41) is 9.34. The van der Waals surface area contributed by atoms with E-state index >= 15 is 0 Å². The Balaban J connectivity index is 1.89. The fourth-order valence-corrected chi connectivity index (χ4v) is 3.33. The lowest BCUT2D eigenvalue weighted by molar-refractivity contribution is -0.122. The summed E-state index contributed by atoms with van der Waals surface area (Å²) in [6, 6.07) is 11.2. The van der Waals surface area contributed by atoms with Crippen molar-refractivity contribution in [3.05, 3.63) is 87.7 Å². The van der Waals surface area contributed by atoms with Gasteiger partial charge in [-0.3, -0.25) is 9.59 Å². The molecule has 2 amide bonds. The minimum atomic E-state index is -1.24. The van der Waals surface area contributed by atoms with Gasteiger partial charge in [0.05, 0.1) is 17.8 Å². The van der Waals surface area contributed by atoms with Gasteiger partial charge in [-0.1, -0.05) is 48.0 Å². The van der Waals surface area contributed by atoms with E-state index in [2.05, 4.69) is 15.7 Å². The van der Waals surface area contributed by atoms with Gasteiger partial charge in [0.2, 0.25) is 5.91 Å². The third-order valence-corrected chi connectivity index (χ3v) is 4.91. The largest absolute Gasteiger partial charge is 0.357 e. The Morgan fingerprint density at radius 3 is 2.47 bits per heavy atom. The molecule has 0 radical (unpaired) electrons. The van der Waals surface area contributed by atoms with Crippen molar-refractivity contribution in [3.8, 4) is 0 Å². The van der Waals surface area contributed by atoms with Gasteiger partial charge in [-0.15, -0.1) is 0 Å². The van der Waals surface area contributed by atoms with E-state index in [0.29, 0.717) is 12.2 Å². The van der Waals surface area contributed by atoms with Crippen molar-refractivity contribution < 1.29 is 18.4 Å².